The molecule has 0 bridgehead atoms. The Morgan fingerprint density at radius 1 is 1.35 bits per heavy atom. The summed E-state index contributed by atoms with van der Waals surface area (Å²) in [6, 6.07) is 8.54. The fourth-order valence-corrected chi connectivity index (χ4v) is 5.63. The summed E-state index contributed by atoms with van der Waals surface area (Å²) in [4.78, 5) is 15.7. The number of aromatic nitrogens is 1. The maximum atomic E-state index is 13.3. The molecule has 0 amide bonds. The number of fused-ring (bicyclic) bond motifs is 5. The first-order chi connectivity index (χ1) is 12.5. The maximum absolute atomic E-state index is 13.3. The van der Waals surface area contributed by atoms with Gasteiger partial charge < -0.3 is 4.57 Å². The molecule has 5 heteroatoms. The molecule has 0 aliphatic carbocycles. The van der Waals surface area contributed by atoms with E-state index in [4.69, 9.17) is 0 Å². The number of aryl methyl sites for hydroxylation is 1. The van der Waals surface area contributed by atoms with Gasteiger partial charge in [-0.3, -0.25) is 13.9 Å². The number of hydrogen-bond donors (Lipinski definition) is 0. The van der Waals surface area contributed by atoms with Crippen LogP contribution in [-0.4, -0.2) is 44.6 Å². The van der Waals surface area contributed by atoms with Crippen molar-refractivity contribution < 1.29 is 9.00 Å². The number of para-hydroxylation sites is 1. The first kappa shape index (κ1) is 17.7. The molecule has 0 saturated carbocycles. The second-order valence-corrected chi connectivity index (χ2v) is 8.96. The van der Waals surface area contributed by atoms with Crippen LogP contribution in [0.25, 0.3) is 10.9 Å². The molecule has 0 fully saturated rings. The van der Waals surface area contributed by atoms with Crippen LogP contribution in [0.3, 0.4) is 0 Å². The van der Waals surface area contributed by atoms with Gasteiger partial charge in [0.1, 0.15) is 0 Å². The van der Waals surface area contributed by atoms with Crippen LogP contribution in [0, 0.1) is 5.41 Å². The highest BCUT2D eigenvalue weighted by molar-refractivity contribution is 7.85. The maximum Gasteiger partial charge on any atom is 0.157 e. The molecular formula is C21H26N2O2S. The lowest BCUT2D eigenvalue weighted by atomic mass is 9.68. The molecule has 3 heterocycles. The Morgan fingerprint density at radius 3 is 2.85 bits per heavy atom. The predicted molar refractivity (Wildman–Crippen MR) is 107 cm³/mol. The lowest BCUT2D eigenvalue weighted by molar-refractivity contribution is -0.128. The van der Waals surface area contributed by atoms with Crippen molar-refractivity contribution in [2.24, 2.45) is 12.5 Å². The van der Waals surface area contributed by atoms with Crippen LogP contribution in [0.4, 0.5) is 0 Å². The minimum atomic E-state index is -1.12. The highest BCUT2D eigenvalue weighted by atomic mass is 32.2. The zero-order valence-corrected chi connectivity index (χ0v) is 16.5. The van der Waals surface area contributed by atoms with Gasteiger partial charge in [0, 0.05) is 53.8 Å². The summed E-state index contributed by atoms with van der Waals surface area (Å²) in [5, 5.41) is 1.30. The fourth-order valence-electron chi connectivity index (χ4n) is 4.99. The third-order valence-electron chi connectivity index (χ3n) is 6.22. The van der Waals surface area contributed by atoms with Gasteiger partial charge in [0.15, 0.2) is 5.78 Å². The third-order valence-corrected chi connectivity index (χ3v) is 6.88. The van der Waals surface area contributed by atoms with Crippen molar-refractivity contribution in [1.82, 2.24) is 9.47 Å². The molecule has 0 radical (unpaired) electrons. The van der Waals surface area contributed by atoms with Gasteiger partial charge in [-0.1, -0.05) is 37.3 Å². The van der Waals surface area contributed by atoms with Crippen molar-refractivity contribution in [3.8, 4) is 0 Å². The minimum Gasteiger partial charge on any atom is -0.346 e. The zero-order valence-electron chi connectivity index (χ0n) is 15.7. The Kier molecular flexibility index (Phi) is 4.40. The summed E-state index contributed by atoms with van der Waals surface area (Å²) >= 11 is 0. The average Bonchev–Trinajstić information content (AvgIpc) is 2.93. The average molecular weight is 371 g/mol. The van der Waals surface area contributed by atoms with E-state index in [0.29, 0.717) is 0 Å². The van der Waals surface area contributed by atoms with Gasteiger partial charge >= 0.3 is 0 Å². The van der Waals surface area contributed by atoms with Gasteiger partial charge in [-0.05, 0) is 24.5 Å². The summed E-state index contributed by atoms with van der Waals surface area (Å²) in [5.41, 5.74) is 3.27. The van der Waals surface area contributed by atoms with Gasteiger partial charge in [-0.2, -0.15) is 0 Å². The van der Waals surface area contributed by atoms with Crippen LogP contribution >= 0.6 is 0 Å². The number of hydrogen-bond acceptors (Lipinski definition) is 3. The second-order valence-electron chi connectivity index (χ2n) is 7.52. The zero-order chi connectivity index (χ0) is 18.5. The first-order valence-electron chi connectivity index (χ1n) is 9.31. The number of nitrogens with zero attached hydrogens (tertiary/aromatic N) is 2. The molecule has 26 heavy (non-hydrogen) atoms. The Labute approximate surface area is 157 Å². The van der Waals surface area contributed by atoms with Crippen molar-refractivity contribution in [2.45, 2.75) is 25.8 Å². The number of ketones is 1. The fraction of sp³-hybridized carbons (Fsp3) is 0.476. The van der Waals surface area contributed by atoms with Crippen LogP contribution in [0.1, 0.15) is 30.6 Å². The van der Waals surface area contributed by atoms with Crippen molar-refractivity contribution in [3.05, 3.63) is 47.7 Å². The van der Waals surface area contributed by atoms with E-state index in [1.807, 2.05) is 0 Å². The van der Waals surface area contributed by atoms with Crippen LogP contribution < -0.4 is 0 Å². The normalized spacial score (nSPS) is 26.5. The summed E-state index contributed by atoms with van der Waals surface area (Å²) < 4.78 is 14.1. The number of Topliss-reactive ketones (excluding diaryl/α,β-unsaturated/α-hetero) is 1. The second kappa shape index (κ2) is 6.46. The highest BCUT2D eigenvalue weighted by Crippen LogP contribution is 2.50. The van der Waals surface area contributed by atoms with E-state index in [0.717, 1.165) is 25.9 Å². The van der Waals surface area contributed by atoms with Gasteiger partial charge in [0.05, 0.1) is 17.2 Å². The first-order valence-corrected chi connectivity index (χ1v) is 11.0. The SMILES string of the molecule is CC[C@@]1(C(=O)CS(C)=O)C=CCN2CCc3c(n(C)c4ccccc34)[C@@H]21. The minimum absolute atomic E-state index is 0.0229. The quantitative estimate of drug-likeness (QED) is 0.777. The van der Waals surface area contributed by atoms with Crippen molar-refractivity contribution >= 4 is 27.5 Å². The van der Waals surface area contributed by atoms with E-state index in [1.54, 1.807) is 6.26 Å². The Balaban J connectivity index is 1.94. The summed E-state index contributed by atoms with van der Waals surface area (Å²) in [6.07, 6.45) is 7.59. The van der Waals surface area contributed by atoms with E-state index in [9.17, 15) is 9.00 Å². The summed E-state index contributed by atoms with van der Waals surface area (Å²) in [7, 11) is 0.993. The molecule has 2 aromatic rings. The molecule has 1 unspecified atom stereocenters. The van der Waals surface area contributed by atoms with Gasteiger partial charge in [-0.15, -0.1) is 0 Å². The highest BCUT2D eigenvalue weighted by Gasteiger charge is 2.50. The van der Waals surface area contributed by atoms with E-state index >= 15 is 0 Å². The van der Waals surface area contributed by atoms with Crippen LogP contribution in [-0.2, 0) is 29.1 Å². The van der Waals surface area contributed by atoms with Crippen molar-refractivity contribution in [3.63, 3.8) is 0 Å². The summed E-state index contributed by atoms with van der Waals surface area (Å²) in [6.45, 7) is 3.91. The summed E-state index contributed by atoms with van der Waals surface area (Å²) in [5.74, 6) is 0.229. The molecule has 0 spiro atoms. The Morgan fingerprint density at radius 2 is 2.12 bits per heavy atom. The lowest BCUT2D eigenvalue weighted by Crippen LogP contribution is -2.51. The molecule has 0 N–H and O–H groups in total. The van der Waals surface area contributed by atoms with Crippen LogP contribution in [0.15, 0.2) is 36.4 Å². The molecule has 2 aliphatic rings. The van der Waals surface area contributed by atoms with Gasteiger partial charge in [-0.25, -0.2) is 0 Å². The van der Waals surface area contributed by atoms with E-state index < -0.39 is 16.2 Å². The standard InChI is InChI=1S/C21H26N2O2S/c1-4-21(18(24)14-26(3)25)11-7-12-23-13-10-16-15-8-5-6-9-17(15)22(2)19(16)20(21)23/h5-9,11,20H,4,10,12-14H2,1-3H3/t20-,21+,26?/m1/s1. The van der Waals surface area contributed by atoms with E-state index in [2.05, 4.69) is 59.9 Å². The number of carbonyl (C=O) groups excluding carboxylic acids is 1. The van der Waals surface area contributed by atoms with Crippen LogP contribution in [0.5, 0.6) is 0 Å². The molecule has 2 aliphatic heterocycles. The smallest absolute Gasteiger partial charge is 0.157 e. The molecule has 1 aromatic heterocycles. The van der Waals surface area contributed by atoms with Crippen LogP contribution in [0.2, 0.25) is 0 Å². The Hall–Kier alpha value is -1.72. The number of rotatable bonds is 4. The number of carbonyl (C=O) groups is 1. The lowest BCUT2D eigenvalue weighted by Gasteiger charge is -2.48. The van der Waals surface area contributed by atoms with E-state index in [-0.39, 0.29) is 17.6 Å². The Bertz CT molecular complexity index is 929. The largest absolute Gasteiger partial charge is 0.346 e. The van der Waals surface area contributed by atoms with Crippen molar-refractivity contribution in [2.75, 3.05) is 25.1 Å². The predicted octanol–water partition coefficient (Wildman–Crippen LogP) is 2.99. The molecule has 0 saturated heterocycles. The topological polar surface area (TPSA) is 42.3 Å². The monoisotopic (exact) mass is 370 g/mol. The molecule has 138 valence electrons. The van der Waals surface area contributed by atoms with Gasteiger partial charge in [0.25, 0.3) is 0 Å². The van der Waals surface area contributed by atoms with Crippen molar-refractivity contribution in [1.29, 1.82) is 0 Å². The molecular weight excluding hydrogens is 344 g/mol. The third kappa shape index (κ3) is 2.44. The van der Waals surface area contributed by atoms with E-state index in [1.165, 1.54) is 22.2 Å². The molecule has 3 atom stereocenters. The molecule has 1 aromatic carbocycles. The van der Waals surface area contributed by atoms with Gasteiger partial charge in [0.2, 0.25) is 0 Å². The molecule has 4 nitrogen and oxygen atoms in total. The number of benzene rings is 1. The molecule has 4 rings (SSSR count).